The molecule has 0 saturated carbocycles. The maximum absolute atomic E-state index is 4.72. The van der Waals surface area contributed by atoms with Crippen LogP contribution < -0.4 is 4.57 Å². The summed E-state index contributed by atoms with van der Waals surface area (Å²) in [5.74, 6) is 0.647. The topological polar surface area (TPSA) is 16.8 Å². The normalized spacial score (nSPS) is 11.4. The molecule has 0 atom stereocenters. The molecule has 4 rings (SSSR count). The number of benzene rings is 2. The van der Waals surface area contributed by atoms with Gasteiger partial charge in [-0.05, 0) is 73.4 Å². The SMILES string of the molecule is Cc1cc(C)c(C)c(-c2cc3ccc(-c4ccc(CC(C)C)cn4)cc3c[n+]2C)c1. The lowest BCUT2D eigenvalue weighted by Gasteiger charge is -2.11. The van der Waals surface area contributed by atoms with E-state index in [4.69, 9.17) is 4.98 Å². The molecule has 30 heavy (non-hydrogen) atoms. The van der Waals surface area contributed by atoms with E-state index in [0.29, 0.717) is 5.92 Å². The van der Waals surface area contributed by atoms with E-state index in [9.17, 15) is 0 Å². The maximum Gasteiger partial charge on any atom is 0.213 e. The van der Waals surface area contributed by atoms with Crippen molar-refractivity contribution in [3.63, 3.8) is 0 Å². The first-order valence-corrected chi connectivity index (χ1v) is 10.8. The average Bonchev–Trinajstić information content (AvgIpc) is 2.70. The number of hydrogen-bond acceptors (Lipinski definition) is 1. The highest BCUT2D eigenvalue weighted by molar-refractivity contribution is 5.88. The van der Waals surface area contributed by atoms with Crippen LogP contribution in [0, 0.1) is 26.7 Å². The molecule has 2 nitrogen and oxygen atoms in total. The molecule has 4 aromatic rings. The molecule has 0 aliphatic rings. The Morgan fingerprint density at radius 3 is 2.40 bits per heavy atom. The highest BCUT2D eigenvalue weighted by Gasteiger charge is 2.16. The minimum atomic E-state index is 0.647. The van der Waals surface area contributed by atoms with Crippen LogP contribution in [-0.4, -0.2) is 4.98 Å². The van der Waals surface area contributed by atoms with Crippen LogP contribution in [0.2, 0.25) is 0 Å². The third-order valence-corrected chi connectivity index (χ3v) is 5.94. The molecule has 2 heterocycles. The van der Waals surface area contributed by atoms with Gasteiger partial charge in [-0.3, -0.25) is 4.98 Å². The summed E-state index contributed by atoms with van der Waals surface area (Å²) in [5, 5.41) is 2.48. The zero-order valence-electron chi connectivity index (χ0n) is 19.0. The van der Waals surface area contributed by atoms with Crippen LogP contribution in [0.3, 0.4) is 0 Å². The monoisotopic (exact) mass is 395 g/mol. The Morgan fingerprint density at radius 1 is 0.900 bits per heavy atom. The third kappa shape index (κ3) is 4.00. The Kier molecular flexibility index (Phi) is 5.42. The molecular weight excluding hydrogens is 364 g/mol. The van der Waals surface area contributed by atoms with E-state index in [2.05, 4.69) is 101 Å². The van der Waals surface area contributed by atoms with Gasteiger partial charge in [-0.25, -0.2) is 4.57 Å². The molecule has 0 radical (unpaired) electrons. The van der Waals surface area contributed by atoms with Gasteiger partial charge in [-0.2, -0.15) is 0 Å². The van der Waals surface area contributed by atoms with E-state index in [1.807, 2.05) is 6.20 Å². The van der Waals surface area contributed by atoms with Gasteiger partial charge < -0.3 is 0 Å². The molecule has 152 valence electrons. The standard InChI is InChI=1S/C28H31N2/c1-18(2)11-22-7-10-27(29-16-22)24-9-8-23-15-28(30(6)17-25(23)14-24)26-13-19(3)12-20(4)21(26)5/h7-10,12-18H,11H2,1-6H3/q+1. The summed E-state index contributed by atoms with van der Waals surface area (Å²) in [5.41, 5.74) is 10.0. The Morgan fingerprint density at radius 2 is 1.70 bits per heavy atom. The third-order valence-electron chi connectivity index (χ3n) is 5.94. The molecule has 0 aliphatic heterocycles. The zero-order chi connectivity index (χ0) is 21.4. The van der Waals surface area contributed by atoms with E-state index >= 15 is 0 Å². The highest BCUT2D eigenvalue weighted by atomic mass is 14.9. The number of aryl methyl sites for hydroxylation is 3. The summed E-state index contributed by atoms with van der Waals surface area (Å²) < 4.78 is 2.24. The molecule has 0 unspecified atom stereocenters. The number of pyridine rings is 2. The largest absolute Gasteiger partial charge is 0.256 e. The number of nitrogens with zero attached hydrogens (tertiary/aromatic N) is 2. The van der Waals surface area contributed by atoms with Crippen molar-refractivity contribution in [1.29, 1.82) is 0 Å². The molecule has 2 heteroatoms. The molecule has 0 aliphatic carbocycles. The second-order valence-corrected chi connectivity index (χ2v) is 9.02. The van der Waals surface area contributed by atoms with Crippen molar-refractivity contribution < 1.29 is 4.57 Å². The van der Waals surface area contributed by atoms with Gasteiger partial charge >= 0.3 is 0 Å². The van der Waals surface area contributed by atoms with Crippen LogP contribution >= 0.6 is 0 Å². The van der Waals surface area contributed by atoms with E-state index in [1.165, 1.54) is 44.3 Å². The summed E-state index contributed by atoms with van der Waals surface area (Å²) in [7, 11) is 2.14. The average molecular weight is 396 g/mol. The van der Waals surface area contributed by atoms with Crippen molar-refractivity contribution in [1.82, 2.24) is 4.98 Å². The van der Waals surface area contributed by atoms with Gasteiger partial charge in [-0.1, -0.05) is 43.7 Å². The molecule has 0 amide bonds. The lowest BCUT2D eigenvalue weighted by molar-refractivity contribution is -0.659. The first kappa shape index (κ1) is 20.3. The Balaban J connectivity index is 1.74. The van der Waals surface area contributed by atoms with Gasteiger partial charge in [0, 0.05) is 28.8 Å². The van der Waals surface area contributed by atoms with Crippen molar-refractivity contribution in [2.24, 2.45) is 13.0 Å². The molecule has 2 aromatic heterocycles. The second-order valence-electron chi connectivity index (χ2n) is 9.02. The van der Waals surface area contributed by atoms with Gasteiger partial charge in [0.1, 0.15) is 7.05 Å². The van der Waals surface area contributed by atoms with E-state index in [0.717, 1.165) is 17.7 Å². The number of fused-ring (bicyclic) bond motifs is 1. The maximum atomic E-state index is 4.72. The fourth-order valence-corrected chi connectivity index (χ4v) is 4.27. The molecule has 0 saturated heterocycles. The van der Waals surface area contributed by atoms with E-state index < -0.39 is 0 Å². The van der Waals surface area contributed by atoms with Crippen LogP contribution in [0.4, 0.5) is 0 Å². The van der Waals surface area contributed by atoms with Crippen molar-refractivity contribution in [2.45, 2.75) is 41.0 Å². The molecule has 0 N–H and O–H groups in total. The number of aromatic nitrogens is 2. The van der Waals surface area contributed by atoms with Crippen LogP contribution in [0.5, 0.6) is 0 Å². The quantitative estimate of drug-likeness (QED) is 0.360. The van der Waals surface area contributed by atoms with Crippen molar-refractivity contribution in [2.75, 3.05) is 0 Å². The van der Waals surface area contributed by atoms with Crippen LogP contribution in [-0.2, 0) is 13.5 Å². The fraction of sp³-hybridized carbons (Fsp3) is 0.286. The summed E-state index contributed by atoms with van der Waals surface area (Å²) in [4.78, 5) is 4.72. The second kappa shape index (κ2) is 8.02. The van der Waals surface area contributed by atoms with Crippen LogP contribution in [0.15, 0.2) is 60.9 Å². The van der Waals surface area contributed by atoms with Gasteiger partial charge in [0.25, 0.3) is 0 Å². The Hall–Kier alpha value is -3.00. The van der Waals surface area contributed by atoms with E-state index in [-0.39, 0.29) is 0 Å². The summed E-state index contributed by atoms with van der Waals surface area (Å²) >= 11 is 0. The zero-order valence-corrected chi connectivity index (χ0v) is 19.0. The molecule has 0 bridgehead atoms. The predicted octanol–water partition coefficient (Wildman–Crippen LogP) is 6.52. The lowest BCUT2D eigenvalue weighted by Crippen LogP contribution is -2.30. The van der Waals surface area contributed by atoms with Crippen LogP contribution in [0.1, 0.15) is 36.1 Å². The highest BCUT2D eigenvalue weighted by Crippen LogP contribution is 2.29. The summed E-state index contributed by atoms with van der Waals surface area (Å²) in [6.07, 6.45) is 5.32. The van der Waals surface area contributed by atoms with Gasteiger partial charge in [0.2, 0.25) is 5.69 Å². The predicted molar refractivity (Wildman–Crippen MR) is 127 cm³/mol. The number of hydrogen-bond donors (Lipinski definition) is 0. The minimum Gasteiger partial charge on any atom is -0.256 e. The molecule has 0 spiro atoms. The van der Waals surface area contributed by atoms with Crippen molar-refractivity contribution in [3.05, 3.63) is 83.2 Å². The van der Waals surface area contributed by atoms with Gasteiger partial charge in [0.15, 0.2) is 6.20 Å². The minimum absolute atomic E-state index is 0.647. The first-order chi connectivity index (χ1) is 14.3. The Labute approximate surface area is 180 Å². The van der Waals surface area contributed by atoms with Crippen molar-refractivity contribution >= 4 is 10.8 Å². The molecule has 2 aromatic carbocycles. The van der Waals surface area contributed by atoms with Crippen LogP contribution in [0.25, 0.3) is 33.3 Å². The summed E-state index contributed by atoms with van der Waals surface area (Å²) in [6, 6.07) is 17.9. The van der Waals surface area contributed by atoms with Gasteiger partial charge in [0.05, 0.1) is 5.69 Å². The van der Waals surface area contributed by atoms with Crippen molar-refractivity contribution in [3.8, 4) is 22.5 Å². The fourth-order valence-electron chi connectivity index (χ4n) is 4.27. The molecule has 0 fully saturated rings. The smallest absolute Gasteiger partial charge is 0.213 e. The Bertz CT molecular complexity index is 1220. The molecular formula is C28H31N2+. The van der Waals surface area contributed by atoms with E-state index in [1.54, 1.807) is 0 Å². The first-order valence-electron chi connectivity index (χ1n) is 10.8. The van der Waals surface area contributed by atoms with Gasteiger partial charge in [-0.15, -0.1) is 0 Å². The lowest BCUT2D eigenvalue weighted by atomic mass is 9.96. The number of rotatable bonds is 4. The summed E-state index contributed by atoms with van der Waals surface area (Å²) in [6.45, 7) is 11.1.